The van der Waals surface area contributed by atoms with E-state index in [1.54, 1.807) is 0 Å². The van der Waals surface area contributed by atoms with Crippen molar-refractivity contribution >= 4 is 23.7 Å². The Labute approximate surface area is 232 Å². The number of alkyl halides is 6. The van der Waals surface area contributed by atoms with E-state index >= 15 is 0 Å². The first-order valence-electron chi connectivity index (χ1n) is 12.1. The van der Waals surface area contributed by atoms with Crippen molar-refractivity contribution in [1.29, 1.82) is 0 Å². The van der Waals surface area contributed by atoms with Gasteiger partial charge < -0.3 is 20.4 Å². The van der Waals surface area contributed by atoms with Gasteiger partial charge in [-0.2, -0.15) is 26.3 Å². The predicted octanol–water partition coefficient (Wildman–Crippen LogP) is 3.55. The van der Waals surface area contributed by atoms with E-state index in [1.165, 1.54) is 5.56 Å². The van der Waals surface area contributed by atoms with Gasteiger partial charge in [0.25, 0.3) is 5.91 Å². The van der Waals surface area contributed by atoms with Crippen LogP contribution in [0.15, 0.2) is 30.5 Å². The number of rotatable bonds is 5. The van der Waals surface area contributed by atoms with E-state index in [-0.39, 0.29) is 11.9 Å². The first-order chi connectivity index (χ1) is 18.8. The standard InChI is InChI=1S/C21H29N5O.2C2HF3O2/c1-15(2)23-21(27)18-13-16-8-11-26(14-17-7-5-6-10-22-17)12-9-19(16)24-20(18)25(3)4;2*3-2(4,5)1(6)7/h5-7,10,13,15H,8-9,11-12,14H2,1-4H3,(H,23,27);2*(H,6,7). The molecule has 2 aromatic rings. The molecule has 10 nitrogen and oxygen atoms in total. The first-order valence-corrected chi connectivity index (χ1v) is 12.1. The van der Waals surface area contributed by atoms with Gasteiger partial charge in [-0.3, -0.25) is 14.7 Å². The number of hydrogen-bond donors (Lipinski definition) is 3. The third kappa shape index (κ3) is 12.4. The van der Waals surface area contributed by atoms with Crippen LogP contribution in [-0.2, 0) is 29.0 Å². The molecule has 16 heteroatoms. The number of anilines is 1. The zero-order valence-corrected chi connectivity index (χ0v) is 22.7. The summed E-state index contributed by atoms with van der Waals surface area (Å²) in [5, 5.41) is 17.2. The molecule has 3 rings (SSSR count). The van der Waals surface area contributed by atoms with Crippen molar-refractivity contribution in [2.24, 2.45) is 0 Å². The number of halogens is 6. The molecule has 3 heterocycles. The molecule has 3 N–H and O–H groups in total. The molecular weight excluding hydrogens is 564 g/mol. The molecule has 0 aromatic carbocycles. The number of aliphatic carboxylic acids is 2. The highest BCUT2D eigenvalue weighted by Gasteiger charge is 2.38. The van der Waals surface area contributed by atoms with Crippen LogP contribution in [0.3, 0.4) is 0 Å². The monoisotopic (exact) mass is 595 g/mol. The predicted molar refractivity (Wildman–Crippen MR) is 135 cm³/mol. The van der Waals surface area contributed by atoms with E-state index in [0.717, 1.165) is 49.7 Å². The lowest BCUT2D eigenvalue weighted by molar-refractivity contribution is -0.193. The van der Waals surface area contributed by atoms with Gasteiger partial charge >= 0.3 is 24.3 Å². The molecular formula is C25H31F6N5O5. The molecule has 1 aliphatic rings. The van der Waals surface area contributed by atoms with Gasteiger partial charge in [0.15, 0.2) is 0 Å². The van der Waals surface area contributed by atoms with Gasteiger partial charge in [-0.15, -0.1) is 0 Å². The van der Waals surface area contributed by atoms with E-state index in [4.69, 9.17) is 24.8 Å². The minimum absolute atomic E-state index is 0.0569. The lowest BCUT2D eigenvalue weighted by atomic mass is 10.0. The van der Waals surface area contributed by atoms with Crippen LogP contribution in [0.5, 0.6) is 0 Å². The Bertz CT molecular complexity index is 1150. The highest BCUT2D eigenvalue weighted by Crippen LogP contribution is 2.24. The highest BCUT2D eigenvalue weighted by atomic mass is 19.4. The van der Waals surface area contributed by atoms with Crippen LogP contribution < -0.4 is 10.2 Å². The number of nitrogens with one attached hydrogen (secondary N) is 1. The summed E-state index contributed by atoms with van der Waals surface area (Å²) in [4.78, 5) is 44.1. The van der Waals surface area contributed by atoms with Gasteiger partial charge in [0, 0.05) is 58.1 Å². The topological polar surface area (TPSA) is 136 Å². The van der Waals surface area contributed by atoms with E-state index in [9.17, 15) is 31.1 Å². The summed E-state index contributed by atoms with van der Waals surface area (Å²) in [7, 11) is 3.87. The molecule has 0 unspecified atom stereocenters. The lowest BCUT2D eigenvalue weighted by Gasteiger charge is -2.19. The Morgan fingerprint density at radius 2 is 1.54 bits per heavy atom. The van der Waals surface area contributed by atoms with Crippen molar-refractivity contribution in [1.82, 2.24) is 20.2 Å². The number of aromatic nitrogens is 2. The van der Waals surface area contributed by atoms with Crippen molar-refractivity contribution in [3.63, 3.8) is 0 Å². The number of carboxylic acids is 2. The van der Waals surface area contributed by atoms with E-state index in [2.05, 4.69) is 21.3 Å². The van der Waals surface area contributed by atoms with E-state index in [0.29, 0.717) is 5.56 Å². The van der Waals surface area contributed by atoms with Gasteiger partial charge in [0.1, 0.15) is 5.82 Å². The van der Waals surface area contributed by atoms with Gasteiger partial charge in [-0.25, -0.2) is 14.6 Å². The Morgan fingerprint density at radius 1 is 1.00 bits per heavy atom. The summed E-state index contributed by atoms with van der Waals surface area (Å²) in [5.74, 6) is -4.83. The quantitative estimate of drug-likeness (QED) is 0.444. The normalized spacial score (nSPS) is 13.4. The van der Waals surface area contributed by atoms with Crippen molar-refractivity contribution in [3.05, 3.63) is 53.0 Å². The number of hydrogen-bond acceptors (Lipinski definition) is 7. The fourth-order valence-corrected chi connectivity index (χ4v) is 3.40. The smallest absolute Gasteiger partial charge is 0.475 e. The molecule has 228 valence electrons. The van der Waals surface area contributed by atoms with Crippen molar-refractivity contribution < 1.29 is 50.9 Å². The minimum Gasteiger partial charge on any atom is -0.475 e. The average Bonchev–Trinajstić information content (AvgIpc) is 3.05. The number of carboxylic acid groups (broad SMARTS) is 2. The molecule has 0 spiro atoms. The van der Waals surface area contributed by atoms with Gasteiger partial charge in [0.05, 0.1) is 11.3 Å². The molecule has 0 saturated carbocycles. The van der Waals surface area contributed by atoms with Gasteiger partial charge in [0.2, 0.25) is 0 Å². The fraction of sp³-hybridized carbons (Fsp3) is 0.480. The number of carbonyl (C=O) groups excluding carboxylic acids is 1. The summed E-state index contributed by atoms with van der Waals surface area (Å²) in [5.41, 5.74) is 4.02. The summed E-state index contributed by atoms with van der Waals surface area (Å²) >= 11 is 0. The Morgan fingerprint density at radius 3 is 1.98 bits per heavy atom. The van der Waals surface area contributed by atoms with Crippen molar-refractivity contribution in [2.75, 3.05) is 32.1 Å². The van der Waals surface area contributed by atoms with E-state index < -0.39 is 24.3 Å². The Hall–Kier alpha value is -3.95. The zero-order valence-electron chi connectivity index (χ0n) is 22.7. The van der Waals surface area contributed by atoms with Crippen LogP contribution >= 0.6 is 0 Å². The molecule has 0 fully saturated rings. The molecule has 0 radical (unpaired) electrons. The van der Waals surface area contributed by atoms with Crippen LogP contribution in [0, 0.1) is 0 Å². The summed E-state index contributed by atoms with van der Waals surface area (Å²) < 4.78 is 63.5. The Kier molecular flexibility index (Phi) is 13.0. The van der Waals surface area contributed by atoms with Gasteiger partial charge in [-0.05, 0) is 44.0 Å². The van der Waals surface area contributed by atoms with Gasteiger partial charge in [-0.1, -0.05) is 6.07 Å². The number of pyridine rings is 2. The third-order valence-corrected chi connectivity index (χ3v) is 5.22. The molecule has 0 aliphatic carbocycles. The first kappa shape index (κ1) is 35.1. The van der Waals surface area contributed by atoms with Crippen LogP contribution in [0.1, 0.15) is 41.2 Å². The Balaban J connectivity index is 0.000000497. The number of fused-ring (bicyclic) bond motifs is 1. The second-order valence-corrected chi connectivity index (χ2v) is 9.19. The minimum atomic E-state index is -5.08. The molecule has 2 aromatic heterocycles. The SMILES string of the molecule is CC(C)NC(=O)c1cc2c(nc1N(C)C)CCN(Cc1ccccn1)CC2.O=C(O)C(F)(F)F.O=C(O)C(F)(F)F. The second kappa shape index (κ2) is 15.2. The fourth-order valence-electron chi connectivity index (χ4n) is 3.40. The molecule has 0 atom stereocenters. The van der Waals surface area contributed by atoms with Crippen LogP contribution in [0.25, 0.3) is 0 Å². The number of amides is 1. The highest BCUT2D eigenvalue weighted by molar-refractivity contribution is 5.99. The van der Waals surface area contributed by atoms with E-state index in [1.807, 2.05) is 57.2 Å². The summed E-state index contributed by atoms with van der Waals surface area (Å²) in [6.07, 6.45) is -6.55. The largest absolute Gasteiger partial charge is 0.490 e. The van der Waals surface area contributed by atoms with Crippen LogP contribution in [0.4, 0.5) is 32.2 Å². The third-order valence-electron chi connectivity index (χ3n) is 5.22. The van der Waals surface area contributed by atoms with Crippen molar-refractivity contribution in [3.8, 4) is 0 Å². The second-order valence-electron chi connectivity index (χ2n) is 9.19. The number of nitrogens with zero attached hydrogens (tertiary/aromatic N) is 4. The summed E-state index contributed by atoms with van der Waals surface area (Å²) in [6.45, 7) is 6.67. The molecule has 1 aliphatic heterocycles. The lowest BCUT2D eigenvalue weighted by Crippen LogP contribution is -2.32. The maximum Gasteiger partial charge on any atom is 0.490 e. The number of carbonyl (C=O) groups is 3. The molecule has 0 bridgehead atoms. The summed E-state index contributed by atoms with van der Waals surface area (Å²) in [6, 6.07) is 8.17. The maximum atomic E-state index is 12.7. The van der Waals surface area contributed by atoms with Crippen LogP contribution in [-0.4, -0.2) is 88.5 Å². The zero-order chi connectivity index (χ0) is 31.5. The molecule has 41 heavy (non-hydrogen) atoms. The maximum absolute atomic E-state index is 12.7. The van der Waals surface area contributed by atoms with Crippen LogP contribution in [0.2, 0.25) is 0 Å². The average molecular weight is 596 g/mol. The van der Waals surface area contributed by atoms with Crippen molar-refractivity contribution in [2.45, 2.75) is 51.6 Å². The molecule has 0 saturated heterocycles. The molecule has 1 amide bonds.